The van der Waals surface area contributed by atoms with Crippen molar-refractivity contribution in [3.05, 3.63) is 59.7 Å². The molecule has 18 heavy (non-hydrogen) atoms. The van der Waals surface area contributed by atoms with Gasteiger partial charge in [-0.3, -0.25) is 0 Å². The molecule has 0 aliphatic carbocycles. The molecule has 2 rings (SSSR count). The molecular formula is C18H22. The molecule has 2 aromatic rings. The molecule has 0 aromatic heterocycles. The molecule has 0 amide bonds. The van der Waals surface area contributed by atoms with Crippen molar-refractivity contribution in [2.45, 2.75) is 39.5 Å². The number of hydrogen-bond donors (Lipinski definition) is 0. The fraction of sp³-hybridized carbons (Fsp3) is 0.333. The largest absolute Gasteiger partial charge is 0.0619 e. The summed E-state index contributed by atoms with van der Waals surface area (Å²) in [7, 11) is 0. The molecule has 0 nitrogen and oxygen atoms in total. The fourth-order valence-corrected chi connectivity index (χ4v) is 2.33. The van der Waals surface area contributed by atoms with Crippen molar-refractivity contribution in [3.8, 4) is 11.1 Å². The van der Waals surface area contributed by atoms with Crippen LogP contribution in [0.4, 0.5) is 0 Å². The Bertz CT molecular complexity index is 521. The third kappa shape index (κ3) is 2.64. The highest BCUT2D eigenvalue weighted by molar-refractivity contribution is 5.68. The summed E-state index contributed by atoms with van der Waals surface area (Å²) in [5.74, 6) is 1.14. The molecule has 0 aliphatic rings. The average molecular weight is 238 g/mol. The van der Waals surface area contributed by atoms with Gasteiger partial charge >= 0.3 is 0 Å². The van der Waals surface area contributed by atoms with E-state index in [0.29, 0.717) is 11.8 Å². The van der Waals surface area contributed by atoms with Gasteiger partial charge in [-0.15, -0.1) is 0 Å². The zero-order valence-electron chi connectivity index (χ0n) is 11.8. The van der Waals surface area contributed by atoms with Crippen LogP contribution >= 0.6 is 0 Å². The predicted octanol–water partition coefficient (Wildman–Crippen LogP) is 5.60. The lowest BCUT2D eigenvalue weighted by molar-refractivity contribution is 0.863. The molecule has 0 spiro atoms. The first kappa shape index (κ1) is 12.9. The standard InChI is InChI=1S/C18H22/c1-13(2)15-8-7-9-16(12-15)18-11-6-5-10-17(18)14(3)4/h5-14H,1-4H3. The minimum atomic E-state index is 0.559. The third-order valence-electron chi connectivity index (χ3n) is 3.45. The minimum absolute atomic E-state index is 0.559. The van der Waals surface area contributed by atoms with Crippen molar-refractivity contribution in [3.63, 3.8) is 0 Å². The van der Waals surface area contributed by atoms with Gasteiger partial charge in [0.1, 0.15) is 0 Å². The van der Waals surface area contributed by atoms with Crippen molar-refractivity contribution in [2.75, 3.05) is 0 Å². The van der Waals surface area contributed by atoms with E-state index in [1.807, 2.05) is 0 Å². The first-order valence-electron chi connectivity index (χ1n) is 6.79. The highest BCUT2D eigenvalue weighted by Gasteiger charge is 2.08. The van der Waals surface area contributed by atoms with Crippen LogP contribution in [-0.4, -0.2) is 0 Å². The van der Waals surface area contributed by atoms with Crippen LogP contribution in [0.2, 0.25) is 0 Å². The normalized spacial score (nSPS) is 11.2. The van der Waals surface area contributed by atoms with Crippen molar-refractivity contribution < 1.29 is 0 Å². The third-order valence-corrected chi connectivity index (χ3v) is 3.45. The maximum atomic E-state index is 2.33. The summed E-state index contributed by atoms with van der Waals surface area (Å²) < 4.78 is 0. The lowest BCUT2D eigenvalue weighted by Gasteiger charge is -2.14. The van der Waals surface area contributed by atoms with E-state index in [1.165, 1.54) is 22.3 Å². The summed E-state index contributed by atoms with van der Waals surface area (Å²) in [6.07, 6.45) is 0. The first-order valence-corrected chi connectivity index (χ1v) is 6.79. The Morgan fingerprint density at radius 1 is 0.722 bits per heavy atom. The summed E-state index contributed by atoms with van der Waals surface area (Å²) >= 11 is 0. The quantitative estimate of drug-likeness (QED) is 0.653. The molecule has 0 N–H and O–H groups in total. The smallest absolute Gasteiger partial charge is 0.0149 e. The Morgan fingerprint density at radius 2 is 1.44 bits per heavy atom. The van der Waals surface area contributed by atoms with Crippen LogP contribution < -0.4 is 0 Å². The molecule has 0 saturated heterocycles. The van der Waals surface area contributed by atoms with Crippen LogP contribution in [0.15, 0.2) is 48.5 Å². The van der Waals surface area contributed by atoms with Crippen molar-refractivity contribution in [1.29, 1.82) is 0 Å². The topological polar surface area (TPSA) is 0 Å². The fourth-order valence-electron chi connectivity index (χ4n) is 2.33. The van der Waals surface area contributed by atoms with Gasteiger partial charge in [0.05, 0.1) is 0 Å². The van der Waals surface area contributed by atoms with E-state index in [2.05, 4.69) is 76.2 Å². The Labute approximate surface area is 111 Å². The minimum Gasteiger partial charge on any atom is -0.0619 e. The van der Waals surface area contributed by atoms with Gasteiger partial charge in [-0.2, -0.15) is 0 Å². The summed E-state index contributed by atoms with van der Waals surface area (Å²) in [5, 5.41) is 0. The lowest BCUT2D eigenvalue weighted by atomic mass is 9.90. The molecule has 0 aliphatic heterocycles. The Balaban J connectivity index is 2.52. The molecular weight excluding hydrogens is 216 g/mol. The highest BCUT2D eigenvalue weighted by atomic mass is 14.1. The van der Waals surface area contributed by atoms with Gasteiger partial charge in [0.15, 0.2) is 0 Å². The van der Waals surface area contributed by atoms with Crippen molar-refractivity contribution in [2.24, 2.45) is 0 Å². The molecule has 0 atom stereocenters. The van der Waals surface area contributed by atoms with E-state index in [-0.39, 0.29) is 0 Å². The Hall–Kier alpha value is -1.56. The molecule has 0 fully saturated rings. The Kier molecular flexibility index (Phi) is 3.86. The maximum absolute atomic E-state index is 2.33. The van der Waals surface area contributed by atoms with E-state index in [4.69, 9.17) is 0 Å². The van der Waals surface area contributed by atoms with E-state index >= 15 is 0 Å². The molecule has 0 heterocycles. The zero-order valence-corrected chi connectivity index (χ0v) is 11.8. The van der Waals surface area contributed by atoms with Gasteiger partial charge in [-0.1, -0.05) is 76.2 Å². The monoisotopic (exact) mass is 238 g/mol. The molecule has 94 valence electrons. The van der Waals surface area contributed by atoms with Crippen LogP contribution in [0.1, 0.15) is 50.7 Å². The van der Waals surface area contributed by atoms with Gasteiger partial charge in [0.2, 0.25) is 0 Å². The summed E-state index contributed by atoms with van der Waals surface area (Å²) in [6, 6.07) is 17.7. The van der Waals surface area contributed by atoms with Gasteiger partial charge in [-0.25, -0.2) is 0 Å². The van der Waals surface area contributed by atoms with Crippen molar-refractivity contribution >= 4 is 0 Å². The highest BCUT2D eigenvalue weighted by Crippen LogP contribution is 2.30. The molecule has 0 unspecified atom stereocenters. The van der Waals surface area contributed by atoms with E-state index in [9.17, 15) is 0 Å². The van der Waals surface area contributed by atoms with Gasteiger partial charge in [0.25, 0.3) is 0 Å². The van der Waals surface area contributed by atoms with Crippen LogP contribution in [0.25, 0.3) is 11.1 Å². The number of rotatable bonds is 3. The second kappa shape index (κ2) is 5.39. The summed E-state index contributed by atoms with van der Waals surface area (Å²) in [6.45, 7) is 9.00. The second-order valence-electron chi connectivity index (χ2n) is 5.52. The number of benzene rings is 2. The van der Waals surface area contributed by atoms with E-state index in [0.717, 1.165) is 0 Å². The second-order valence-corrected chi connectivity index (χ2v) is 5.52. The lowest BCUT2D eigenvalue weighted by Crippen LogP contribution is -1.93. The molecule has 0 radical (unpaired) electrons. The number of hydrogen-bond acceptors (Lipinski definition) is 0. The SMILES string of the molecule is CC(C)c1cccc(-c2ccccc2C(C)C)c1. The summed E-state index contributed by atoms with van der Waals surface area (Å²) in [4.78, 5) is 0. The molecule has 0 saturated carbocycles. The van der Waals surface area contributed by atoms with E-state index in [1.54, 1.807) is 0 Å². The molecule has 0 bridgehead atoms. The first-order chi connectivity index (χ1) is 8.59. The maximum Gasteiger partial charge on any atom is -0.0149 e. The summed E-state index contributed by atoms with van der Waals surface area (Å²) in [5.41, 5.74) is 5.55. The van der Waals surface area contributed by atoms with E-state index < -0.39 is 0 Å². The van der Waals surface area contributed by atoms with Gasteiger partial charge in [0, 0.05) is 0 Å². The zero-order chi connectivity index (χ0) is 13.1. The predicted molar refractivity (Wildman–Crippen MR) is 80.1 cm³/mol. The van der Waals surface area contributed by atoms with Gasteiger partial charge < -0.3 is 0 Å². The van der Waals surface area contributed by atoms with Crippen LogP contribution in [-0.2, 0) is 0 Å². The average Bonchev–Trinajstić information content (AvgIpc) is 2.39. The van der Waals surface area contributed by atoms with Crippen LogP contribution in [0, 0.1) is 0 Å². The molecule has 2 aromatic carbocycles. The van der Waals surface area contributed by atoms with Crippen LogP contribution in [0.5, 0.6) is 0 Å². The van der Waals surface area contributed by atoms with Gasteiger partial charge in [-0.05, 0) is 34.1 Å². The molecule has 0 heteroatoms. The van der Waals surface area contributed by atoms with Crippen molar-refractivity contribution in [1.82, 2.24) is 0 Å². The Morgan fingerprint density at radius 3 is 2.11 bits per heavy atom. The van der Waals surface area contributed by atoms with Crippen LogP contribution in [0.3, 0.4) is 0 Å².